The number of hydrogen-bond donors (Lipinski definition) is 3. The van der Waals surface area contributed by atoms with Crippen LogP contribution in [0, 0.1) is 0 Å². The Kier molecular flexibility index (Phi) is 8.15. The third-order valence-electron chi connectivity index (χ3n) is 4.86. The van der Waals surface area contributed by atoms with Crippen LogP contribution in [0.15, 0.2) is 40.7 Å². The van der Waals surface area contributed by atoms with E-state index in [1.165, 1.54) is 4.88 Å². The summed E-state index contributed by atoms with van der Waals surface area (Å²) in [5, 5.41) is 19.0. The second-order valence-corrected chi connectivity index (χ2v) is 7.73. The van der Waals surface area contributed by atoms with Crippen molar-refractivity contribution in [1.82, 2.24) is 15.5 Å². The van der Waals surface area contributed by atoms with Gasteiger partial charge in [0.05, 0.1) is 32.9 Å². The zero-order valence-corrected chi connectivity index (χ0v) is 17.9. The Morgan fingerprint density at radius 2 is 2.14 bits per heavy atom. The number of ether oxygens (including phenoxy) is 2. The number of aromatic hydroxyl groups is 1. The SMILES string of the molecule is CCNC(=NCc1cc(OC)ccc1O)NCC(c1cccs1)N1CCOCC1. The van der Waals surface area contributed by atoms with Gasteiger partial charge in [0.25, 0.3) is 0 Å². The van der Waals surface area contributed by atoms with E-state index in [0.29, 0.717) is 12.3 Å². The highest BCUT2D eigenvalue weighted by atomic mass is 32.1. The molecule has 0 spiro atoms. The van der Waals surface area contributed by atoms with Gasteiger partial charge < -0.3 is 25.2 Å². The van der Waals surface area contributed by atoms with Crippen molar-refractivity contribution in [2.45, 2.75) is 19.5 Å². The molecule has 3 N–H and O–H groups in total. The fraction of sp³-hybridized carbons (Fsp3) is 0.476. The summed E-state index contributed by atoms with van der Waals surface area (Å²) in [4.78, 5) is 8.45. The Hall–Kier alpha value is -2.29. The molecule has 158 valence electrons. The third-order valence-corrected chi connectivity index (χ3v) is 5.83. The number of thiophene rings is 1. The summed E-state index contributed by atoms with van der Waals surface area (Å²) in [5.74, 6) is 1.65. The number of nitrogens with zero attached hydrogens (tertiary/aromatic N) is 2. The van der Waals surface area contributed by atoms with Crippen molar-refractivity contribution >= 4 is 17.3 Å². The summed E-state index contributed by atoms with van der Waals surface area (Å²) >= 11 is 1.78. The molecule has 1 fully saturated rings. The second kappa shape index (κ2) is 11.0. The van der Waals surface area contributed by atoms with Crippen LogP contribution in [0.1, 0.15) is 23.4 Å². The maximum Gasteiger partial charge on any atom is 0.191 e. The molecule has 0 bridgehead atoms. The van der Waals surface area contributed by atoms with E-state index in [4.69, 9.17) is 9.47 Å². The predicted octanol–water partition coefficient (Wildman–Crippen LogP) is 2.59. The molecule has 1 atom stereocenters. The molecule has 0 radical (unpaired) electrons. The Labute approximate surface area is 176 Å². The zero-order chi connectivity index (χ0) is 20.5. The number of nitrogens with one attached hydrogen (secondary N) is 2. The summed E-state index contributed by atoms with van der Waals surface area (Å²) in [6.07, 6.45) is 0. The van der Waals surface area contributed by atoms with Gasteiger partial charge in [0, 0.05) is 36.6 Å². The van der Waals surface area contributed by atoms with Crippen molar-refractivity contribution in [2.24, 2.45) is 4.99 Å². The van der Waals surface area contributed by atoms with Crippen LogP contribution in [0.4, 0.5) is 0 Å². The maximum absolute atomic E-state index is 10.1. The number of phenols is 1. The monoisotopic (exact) mass is 418 g/mol. The molecule has 2 aromatic rings. The minimum atomic E-state index is 0.218. The fourth-order valence-corrected chi connectivity index (χ4v) is 4.16. The van der Waals surface area contributed by atoms with E-state index < -0.39 is 0 Å². The molecule has 8 heteroatoms. The first-order valence-corrected chi connectivity index (χ1v) is 10.8. The Morgan fingerprint density at radius 3 is 2.83 bits per heavy atom. The molecule has 1 aliphatic rings. The molecule has 7 nitrogen and oxygen atoms in total. The van der Waals surface area contributed by atoms with Gasteiger partial charge in [0.2, 0.25) is 0 Å². The van der Waals surface area contributed by atoms with Crippen LogP contribution >= 0.6 is 11.3 Å². The topological polar surface area (TPSA) is 78.4 Å². The van der Waals surface area contributed by atoms with E-state index in [0.717, 1.165) is 50.9 Å². The third kappa shape index (κ3) is 6.09. The Bertz CT molecular complexity index is 776. The predicted molar refractivity (Wildman–Crippen MR) is 117 cm³/mol. The number of benzene rings is 1. The molecule has 1 aliphatic heterocycles. The molecule has 1 aromatic heterocycles. The van der Waals surface area contributed by atoms with E-state index >= 15 is 0 Å². The molecule has 3 rings (SSSR count). The van der Waals surface area contributed by atoms with Crippen molar-refractivity contribution in [3.05, 3.63) is 46.2 Å². The summed E-state index contributed by atoms with van der Waals surface area (Å²) < 4.78 is 10.8. The normalized spacial score (nSPS) is 16.4. The van der Waals surface area contributed by atoms with Crippen LogP contribution in [0.25, 0.3) is 0 Å². The summed E-state index contributed by atoms with van der Waals surface area (Å²) in [6.45, 7) is 7.30. The Morgan fingerprint density at radius 1 is 1.31 bits per heavy atom. The zero-order valence-electron chi connectivity index (χ0n) is 17.1. The molecule has 1 aromatic carbocycles. The smallest absolute Gasteiger partial charge is 0.191 e. The molecule has 0 saturated carbocycles. The molecular weight excluding hydrogens is 388 g/mol. The lowest BCUT2D eigenvalue weighted by Gasteiger charge is -2.34. The van der Waals surface area contributed by atoms with Crippen molar-refractivity contribution in [3.63, 3.8) is 0 Å². The van der Waals surface area contributed by atoms with Crippen LogP contribution in [-0.4, -0.2) is 62.5 Å². The highest BCUT2D eigenvalue weighted by molar-refractivity contribution is 7.10. The van der Waals surface area contributed by atoms with Crippen LogP contribution in [0.3, 0.4) is 0 Å². The lowest BCUT2D eigenvalue weighted by atomic mass is 10.2. The van der Waals surface area contributed by atoms with Crippen molar-refractivity contribution in [1.29, 1.82) is 0 Å². The van der Waals surface area contributed by atoms with E-state index in [-0.39, 0.29) is 11.8 Å². The van der Waals surface area contributed by atoms with Gasteiger partial charge in [-0.1, -0.05) is 6.07 Å². The average Bonchev–Trinajstić information content (AvgIpc) is 3.28. The number of hydrogen-bond acceptors (Lipinski definition) is 6. The van der Waals surface area contributed by atoms with Crippen LogP contribution in [0.5, 0.6) is 11.5 Å². The van der Waals surface area contributed by atoms with Gasteiger partial charge in [-0.05, 0) is 36.6 Å². The molecule has 1 unspecified atom stereocenters. The van der Waals surface area contributed by atoms with Crippen molar-refractivity contribution in [3.8, 4) is 11.5 Å². The number of rotatable bonds is 8. The molecule has 1 saturated heterocycles. The first-order valence-electron chi connectivity index (χ1n) is 9.94. The lowest BCUT2D eigenvalue weighted by molar-refractivity contribution is 0.0177. The molecule has 0 amide bonds. The number of methoxy groups -OCH3 is 1. The second-order valence-electron chi connectivity index (χ2n) is 6.75. The molecule has 29 heavy (non-hydrogen) atoms. The fourth-order valence-electron chi connectivity index (χ4n) is 3.29. The molecule has 0 aliphatic carbocycles. The lowest BCUT2D eigenvalue weighted by Crippen LogP contribution is -2.46. The van der Waals surface area contributed by atoms with E-state index in [1.54, 1.807) is 30.6 Å². The van der Waals surface area contributed by atoms with Gasteiger partial charge in [0.15, 0.2) is 5.96 Å². The Balaban J connectivity index is 1.69. The van der Waals surface area contributed by atoms with Gasteiger partial charge in [-0.2, -0.15) is 0 Å². The van der Waals surface area contributed by atoms with Gasteiger partial charge in [-0.25, -0.2) is 4.99 Å². The molecular formula is C21H30N4O3S. The first-order chi connectivity index (χ1) is 14.2. The van der Waals surface area contributed by atoms with Crippen LogP contribution < -0.4 is 15.4 Å². The summed E-state index contributed by atoms with van der Waals surface area (Å²) in [7, 11) is 1.61. The van der Waals surface area contributed by atoms with Gasteiger partial charge in [-0.15, -0.1) is 11.3 Å². The number of aliphatic imine (C=N–C) groups is 1. The summed E-state index contributed by atoms with van der Waals surface area (Å²) in [5.41, 5.74) is 0.726. The average molecular weight is 419 g/mol. The van der Waals surface area contributed by atoms with E-state index in [9.17, 15) is 5.11 Å². The quantitative estimate of drug-likeness (QED) is 0.452. The number of guanidine groups is 1. The highest BCUT2D eigenvalue weighted by Crippen LogP contribution is 2.26. The largest absolute Gasteiger partial charge is 0.508 e. The number of morpholine rings is 1. The van der Waals surface area contributed by atoms with Crippen LogP contribution in [-0.2, 0) is 11.3 Å². The van der Waals surface area contributed by atoms with Gasteiger partial charge in [-0.3, -0.25) is 4.90 Å². The highest BCUT2D eigenvalue weighted by Gasteiger charge is 2.23. The summed E-state index contributed by atoms with van der Waals surface area (Å²) in [6, 6.07) is 9.73. The van der Waals surface area contributed by atoms with Gasteiger partial charge in [0.1, 0.15) is 11.5 Å². The maximum atomic E-state index is 10.1. The number of phenolic OH excluding ortho intramolecular Hbond substituents is 1. The van der Waals surface area contributed by atoms with Crippen molar-refractivity contribution in [2.75, 3.05) is 46.5 Å². The molecule has 2 heterocycles. The standard InChI is InChI=1S/C21H30N4O3S/c1-3-22-21(23-14-16-13-17(27-2)6-7-19(16)26)24-15-18(20-5-4-12-29-20)25-8-10-28-11-9-25/h4-7,12-13,18,26H,3,8-11,14-15H2,1-2H3,(H2,22,23,24). The van der Waals surface area contributed by atoms with Crippen molar-refractivity contribution < 1.29 is 14.6 Å². The first kappa shape index (κ1) is 21.4. The van der Waals surface area contributed by atoms with E-state index in [2.05, 4.69) is 38.0 Å². The van der Waals surface area contributed by atoms with Gasteiger partial charge >= 0.3 is 0 Å². The minimum Gasteiger partial charge on any atom is -0.508 e. The van der Waals surface area contributed by atoms with Crippen LogP contribution in [0.2, 0.25) is 0 Å². The minimum absolute atomic E-state index is 0.218. The van der Waals surface area contributed by atoms with E-state index in [1.807, 2.05) is 13.0 Å².